The van der Waals surface area contributed by atoms with Gasteiger partial charge in [-0.25, -0.2) is 0 Å². The maximum atomic E-state index is 12.0. The normalized spacial score (nSPS) is 15.9. The fourth-order valence-electron chi connectivity index (χ4n) is 1.54. The fraction of sp³-hybridized carbons (Fsp3) is 0.273. The van der Waals surface area contributed by atoms with Crippen LogP contribution in [-0.2, 0) is 0 Å². The SMILES string of the molecule is C=C1CCN1c1cccc(OC(F)(F)F)c1. The molecule has 1 aromatic carbocycles. The molecule has 86 valence electrons. The van der Waals surface area contributed by atoms with Gasteiger partial charge < -0.3 is 9.64 Å². The van der Waals surface area contributed by atoms with Crippen LogP contribution in [0.25, 0.3) is 0 Å². The van der Waals surface area contributed by atoms with Crippen molar-refractivity contribution in [3.8, 4) is 5.75 Å². The van der Waals surface area contributed by atoms with Crippen LogP contribution in [-0.4, -0.2) is 12.9 Å². The number of halogens is 3. The van der Waals surface area contributed by atoms with Crippen LogP contribution in [0.15, 0.2) is 36.5 Å². The monoisotopic (exact) mass is 229 g/mol. The number of hydrogen-bond donors (Lipinski definition) is 0. The Morgan fingerprint density at radius 1 is 1.31 bits per heavy atom. The van der Waals surface area contributed by atoms with Gasteiger partial charge in [0.25, 0.3) is 0 Å². The molecule has 1 aromatic rings. The van der Waals surface area contributed by atoms with Crippen LogP contribution >= 0.6 is 0 Å². The Labute approximate surface area is 90.9 Å². The van der Waals surface area contributed by atoms with E-state index in [9.17, 15) is 13.2 Å². The van der Waals surface area contributed by atoms with Gasteiger partial charge in [0.05, 0.1) is 0 Å². The Balaban J connectivity index is 2.16. The maximum absolute atomic E-state index is 12.0. The second-order valence-corrected chi connectivity index (χ2v) is 3.51. The third kappa shape index (κ3) is 2.29. The highest BCUT2D eigenvalue weighted by molar-refractivity contribution is 5.57. The number of rotatable bonds is 2. The summed E-state index contributed by atoms with van der Waals surface area (Å²) in [7, 11) is 0. The zero-order chi connectivity index (χ0) is 11.8. The fourth-order valence-corrected chi connectivity index (χ4v) is 1.54. The standard InChI is InChI=1S/C11H10F3NO/c1-8-5-6-15(8)9-3-2-4-10(7-9)16-11(12,13)14/h2-4,7H,1,5-6H2. The lowest BCUT2D eigenvalue weighted by Crippen LogP contribution is -2.33. The molecule has 1 heterocycles. The number of nitrogens with zero attached hydrogens (tertiary/aromatic N) is 1. The summed E-state index contributed by atoms with van der Waals surface area (Å²) in [4.78, 5) is 1.85. The Hall–Kier alpha value is -1.65. The number of anilines is 1. The smallest absolute Gasteiger partial charge is 0.406 e. The van der Waals surface area contributed by atoms with E-state index in [-0.39, 0.29) is 5.75 Å². The summed E-state index contributed by atoms with van der Waals surface area (Å²) in [6, 6.07) is 5.90. The van der Waals surface area contributed by atoms with Crippen molar-refractivity contribution < 1.29 is 17.9 Å². The van der Waals surface area contributed by atoms with E-state index >= 15 is 0 Å². The lowest BCUT2D eigenvalue weighted by atomic mass is 10.1. The highest BCUT2D eigenvalue weighted by Gasteiger charge is 2.31. The minimum Gasteiger partial charge on any atom is -0.406 e. The van der Waals surface area contributed by atoms with Crippen LogP contribution in [0.1, 0.15) is 6.42 Å². The first-order chi connectivity index (χ1) is 7.46. The van der Waals surface area contributed by atoms with Gasteiger partial charge in [-0.15, -0.1) is 13.2 Å². The van der Waals surface area contributed by atoms with Crippen LogP contribution in [0.5, 0.6) is 5.75 Å². The molecular weight excluding hydrogens is 219 g/mol. The molecule has 16 heavy (non-hydrogen) atoms. The molecule has 1 aliphatic heterocycles. The maximum Gasteiger partial charge on any atom is 0.573 e. The minimum atomic E-state index is -4.65. The lowest BCUT2D eigenvalue weighted by Gasteiger charge is -2.35. The first kappa shape index (κ1) is 10.9. The summed E-state index contributed by atoms with van der Waals surface area (Å²) in [6.45, 7) is 4.57. The molecule has 1 saturated heterocycles. The molecule has 0 N–H and O–H groups in total. The van der Waals surface area contributed by atoms with Gasteiger partial charge in [0.1, 0.15) is 5.75 Å². The largest absolute Gasteiger partial charge is 0.573 e. The Bertz CT molecular complexity index is 414. The van der Waals surface area contributed by atoms with Crippen molar-refractivity contribution in [2.75, 3.05) is 11.4 Å². The summed E-state index contributed by atoms with van der Waals surface area (Å²) >= 11 is 0. The average molecular weight is 229 g/mol. The first-order valence-electron chi connectivity index (χ1n) is 4.77. The van der Waals surface area contributed by atoms with Crippen molar-refractivity contribution in [1.82, 2.24) is 0 Å². The molecule has 0 radical (unpaired) electrons. The summed E-state index contributed by atoms with van der Waals surface area (Å²) in [5.74, 6) is -0.204. The molecule has 2 rings (SSSR count). The van der Waals surface area contributed by atoms with Crippen molar-refractivity contribution in [1.29, 1.82) is 0 Å². The summed E-state index contributed by atoms with van der Waals surface area (Å²) in [5.41, 5.74) is 1.59. The van der Waals surface area contributed by atoms with Crippen molar-refractivity contribution in [2.45, 2.75) is 12.8 Å². The van der Waals surface area contributed by atoms with Gasteiger partial charge in [-0.1, -0.05) is 12.6 Å². The van der Waals surface area contributed by atoms with Crippen LogP contribution in [0.4, 0.5) is 18.9 Å². The van der Waals surface area contributed by atoms with E-state index in [2.05, 4.69) is 11.3 Å². The second kappa shape index (κ2) is 3.73. The molecule has 0 aliphatic carbocycles. The Morgan fingerprint density at radius 3 is 2.56 bits per heavy atom. The number of benzene rings is 1. The molecule has 0 unspecified atom stereocenters. The van der Waals surface area contributed by atoms with Gasteiger partial charge in [-0.2, -0.15) is 0 Å². The molecule has 1 aliphatic rings. The van der Waals surface area contributed by atoms with Crippen LogP contribution in [0.2, 0.25) is 0 Å². The molecule has 0 spiro atoms. The van der Waals surface area contributed by atoms with E-state index in [1.54, 1.807) is 6.07 Å². The van der Waals surface area contributed by atoms with Gasteiger partial charge in [0, 0.05) is 30.4 Å². The van der Waals surface area contributed by atoms with Crippen molar-refractivity contribution in [3.05, 3.63) is 36.5 Å². The molecule has 0 bridgehead atoms. The summed E-state index contributed by atoms with van der Waals surface area (Å²) in [5, 5.41) is 0. The predicted molar refractivity (Wildman–Crippen MR) is 54.2 cm³/mol. The highest BCUT2D eigenvalue weighted by Crippen LogP contribution is 2.32. The lowest BCUT2D eigenvalue weighted by molar-refractivity contribution is -0.274. The summed E-state index contributed by atoms with van der Waals surface area (Å²) in [6.07, 6.45) is -3.77. The third-order valence-corrected chi connectivity index (χ3v) is 2.37. The van der Waals surface area contributed by atoms with E-state index in [0.29, 0.717) is 5.69 Å². The van der Waals surface area contributed by atoms with Crippen molar-refractivity contribution >= 4 is 5.69 Å². The van der Waals surface area contributed by atoms with E-state index < -0.39 is 6.36 Å². The molecule has 0 saturated carbocycles. The highest BCUT2D eigenvalue weighted by atomic mass is 19.4. The predicted octanol–water partition coefficient (Wildman–Crippen LogP) is 3.31. The third-order valence-electron chi connectivity index (χ3n) is 2.37. The van der Waals surface area contributed by atoms with Crippen molar-refractivity contribution in [2.24, 2.45) is 0 Å². The quantitative estimate of drug-likeness (QED) is 0.771. The van der Waals surface area contributed by atoms with Gasteiger partial charge in [0.15, 0.2) is 0 Å². The first-order valence-corrected chi connectivity index (χ1v) is 4.77. The number of alkyl halides is 3. The van der Waals surface area contributed by atoms with Crippen molar-refractivity contribution in [3.63, 3.8) is 0 Å². The van der Waals surface area contributed by atoms with Crippen LogP contribution in [0, 0.1) is 0 Å². The molecule has 0 amide bonds. The topological polar surface area (TPSA) is 12.5 Å². The molecule has 1 fully saturated rings. The van der Waals surface area contributed by atoms with Gasteiger partial charge in [-0.3, -0.25) is 0 Å². The molecule has 2 nitrogen and oxygen atoms in total. The second-order valence-electron chi connectivity index (χ2n) is 3.51. The summed E-state index contributed by atoms with van der Waals surface area (Å²) < 4.78 is 39.8. The van der Waals surface area contributed by atoms with Crippen LogP contribution in [0.3, 0.4) is 0 Å². The average Bonchev–Trinajstić information content (AvgIpc) is 2.13. The number of ether oxygens (including phenoxy) is 1. The van der Waals surface area contributed by atoms with Gasteiger partial charge in [-0.05, 0) is 12.1 Å². The molecule has 5 heteroatoms. The van der Waals surface area contributed by atoms with Gasteiger partial charge >= 0.3 is 6.36 Å². The van der Waals surface area contributed by atoms with Crippen LogP contribution < -0.4 is 9.64 Å². The molecule has 0 atom stereocenters. The van der Waals surface area contributed by atoms with E-state index in [1.807, 2.05) is 4.90 Å². The Kier molecular flexibility index (Phi) is 2.53. The number of hydrogen-bond acceptors (Lipinski definition) is 2. The van der Waals surface area contributed by atoms with Gasteiger partial charge in [0.2, 0.25) is 0 Å². The molecule has 0 aromatic heterocycles. The van der Waals surface area contributed by atoms with E-state index in [0.717, 1.165) is 18.7 Å². The zero-order valence-electron chi connectivity index (χ0n) is 8.42. The Morgan fingerprint density at radius 2 is 2.06 bits per heavy atom. The minimum absolute atomic E-state index is 0.204. The van der Waals surface area contributed by atoms with E-state index in [4.69, 9.17) is 0 Å². The molecular formula is C11H10F3NO. The zero-order valence-corrected chi connectivity index (χ0v) is 8.42. The van der Waals surface area contributed by atoms with E-state index in [1.165, 1.54) is 18.2 Å².